The fourth-order valence-corrected chi connectivity index (χ4v) is 12.4. The molecule has 0 amide bonds. The molecule has 0 atom stereocenters. The SMILES string of the molecule is N#Cc1cccc([Si](c2ccccc2)(c2ccccc2)c2cccc(-c3nc(-c4ccccc4)nc(-n4c5ccccc5c5ccccc54)n3)c2)c1. The molecule has 0 aliphatic carbocycles. The maximum atomic E-state index is 10.0. The number of nitrogens with zero attached hydrogens (tertiary/aromatic N) is 5. The summed E-state index contributed by atoms with van der Waals surface area (Å²) in [7, 11) is -2.96. The highest BCUT2D eigenvalue weighted by atomic mass is 28.3. The van der Waals surface area contributed by atoms with Crippen molar-refractivity contribution in [2.45, 2.75) is 0 Å². The molecule has 0 saturated heterocycles. The Balaban J connectivity index is 1.33. The third-order valence-corrected chi connectivity index (χ3v) is 14.6. The molecule has 2 aromatic heterocycles. The number of aromatic nitrogens is 4. The molecule has 5 nitrogen and oxygen atoms in total. The number of benzene rings is 7. The summed E-state index contributed by atoms with van der Waals surface area (Å²) in [4.78, 5) is 15.5. The summed E-state index contributed by atoms with van der Waals surface area (Å²) in [6.45, 7) is 0. The van der Waals surface area contributed by atoms with Crippen LogP contribution in [-0.2, 0) is 0 Å². The van der Waals surface area contributed by atoms with Gasteiger partial charge < -0.3 is 0 Å². The van der Waals surface area contributed by atoms with Crippen LogP contribution in [0.4, 0.5) is 0 Å². The quantitative estimate of drug-likeness (QED) is 0.129. The van der Waals surface area contributed by atoms with Crippen molar-refractivity contribution in [1.82, 2.24) is 19.5 Å². The van der Waals surface area contributed by atoms with Gasteiger partial charge in [0.25, 0.3) is 0 Å². The topological polar surface area (TPSA) is 67.4 Å². The van der Waals surface area contributed by atoms with Crippen molar-refractivity contribution >= 4 is 50.6 Å². The van der Waals surface area contributed by atoms with Crippen LogP contribution in [0.25, 0.3) is 50.5 Å². The molecule has 2 heterocycles. The minimum Gasteiger partial charge on any atom is -0.278 e. The smallest absolute Gasteiger partial charge is 0.238 e. The summed E-state index contributed by atoms with van der Waals surface area (Å²) in [5.74, 6) is 1.74. The lowest BCUT2D eigenvalue weighted by Gasteiger charge is -2.34. The minimum absolute atomic E-state index is 0.558. The molecule has 0 saturated carbocycles. The molecule has 6 heteroatoms. The molecule has 244 valence electrons. The first-order valence-corrected chi connectivity index (χ1v) is 19.3. The van der Waals surface area contributed by atoms with Crippen LogP contribution in [0.5, 0.6) is 0 Å². The van der Waals surface area contributed by atoms with Crippen molar-refractivity contribution in [2.75, 3.05) is 0 Å². The summed E-state index contributed by atoms with van der Waals surface area (Å²) in [5.41, 5.74) is 4.50. The number of rotatable bonds is 7. The molecule has 9 rings (SSSR count). The van der Waals surface area contributed by atoms with Crippen molar-refractivity contribution in [3.8, 4) is 34.8 Å². The van der Waals surface area contributed by atoms with Crippen LogP contribution in [0.1, 0.15) is 5.56 Å². The third kappa shape index (κ3) is 5.20. The number of hydrogen-bond acceptors (Lipinski definition) is 4. The molecule has 0 unspecified atom stereocenters. The Morgan fingerprint density at radius 2 is 0.885 bits per heavy atom. The standard InChI is InChI=1S/C46H31N5Si/c47-32-33-16-14-24-38(30-33)52(36-20-6-2-7-21-36,37-22-8-3-9-23-37)39-25-15-19-35(31-39)45-48-44(34-17-4-1-5-18-34)49-46(50-45)51-42-28-12-10-26-40(42)41-27-11-13-29-43(41)51/h1-31H. The highest BCUT2D eigenvalue weighted by Gasteiger charge is 2.41. The Bertz CT molecular complexity index is 2660. The second-order valence-electron chi connectivity index (χ2n) is 12.8. The van der Waals surface area contributed by atoms with E-state index in [1.54, 1.807) is 0 Å². The fraction of sp³-hybridized carbons (Fsp3) is 0. The molecule has 9 aromatic rings. The molecular weight excluding hydrogens is 651 g/mol. The van der Waals surface area contributed by atoms with Gasteiger partial charge in [-0.3, -0.25) is 4.57 Å². The summed E-state index contributed by atoms with van der Waals surface area (Å²) >= 11 is 0. The largest absolute Gasteiger partial charge is 0.278 e. The number of hydrogen-bond donors (Lipinski definition) is 0. The van der Waals surface area contributed by atoms with E-state index in [1.165, 1.54) is 10.4 Å². The fourth-order valence-electron chi connectivity index (χ4n) is 7.54. The van der Waals surface area contributed by atoms with Crippen molar-refractivity contribution in [3.63, 3.8) is 0 Å². The normalized spacial score (nSPS) is 11.4. The van der Waals surface area contributed by atoms with Crippen LogP contribution in [-0.4, -0.2) is 27.6 Å². The lowest BCUT2D eigenvalue weighted by Crippen LogP contribution is -2.74. The average Bonchev–Trinajstić information content (AvgIpc) is 3.57. The predicted molar refractivity (Wildman–Crippen MR) is 213 cm³/mol. The molecule has 0 aliphatic heterocycles. The van der Waals surface area contributed by atoms with E-state index in [2.05, 4.69) is 156 Å². The highest BCUT2D eigenvalue weighted by Crippen LogP contribution is 2.32. The summed E-state index contributed by atoms with van der Waals surface area (Å²) < 4.78 is 2.15. The van der Waals surface area contributed by atoms with E-state index in [4.69, 9.17) is 15.0 Å². The van der Waals surface area contributed by atoms with Crippen LogP contribution >= 0.6 is 0 Å². The van der Waals surface area contributed by atoms with E-state index in [0.29, 0.717) is 23.2 Å². The minimum atomic E-state index is -2.96. The van der Waals surface area contributed by atoms with E-state index in [1.807, 2.05) is 42.5 Å². The van der Waals surface area contributed by atoms with Gasteiger partial charge in [0.15, 0.2) is 19.7 Å². The van der Waals surface area contributed by atoms with Crippen molar-refractivity contribution < 1.29 is 0 Å². The van der Waals surface area contributed by atoms with E-state index in [9.17, 15) is 5.26 Å². The molecular formula is C46H31N5Si. The summed E-state index contributed by atoms with van der Waals surface area (Å²) in [6.07, 6.45) is 0. The van der Waals surface area contributed by atoms with Gasteiger partial charge >= 0.3 is 0 Å². The molecule has 0 radical (unpaired) electrons. The zero-order chi connectivity index (χ0) is 34.9. The first-order valence-electron chi connectivity index (χ1n) is 17.3. The van der Waals surface area contributed by atoms with Gasteiger partial charge in [-0.1, -0.05) is 164 Å². The molecule has 0 bridgehead atoms. The van der Waals surface area contributed by atoms with Gasteiger partial charge in [-0.05, 0) is 45.0 Å². The van der Waals surface area contributed by atoms with Gasteiger partial charge in [-0.25, -0.2) is 4.98 Å². The van der Waals surface area contributed by atoms with Gasteiger partial charge in [0.05, 0.1) is 22.7 Å². The molecule has 52 heavy (non-hydrogen) atoms. The zero-order valence-electron chi connectivity index (χ0n) is 28.1. The number of fused-ring (bicyclic) bond motifs is 3. The Hall–Kier alpha value is -6.94. The zero-order valence-corrected chi connectivity index (χ0v) is 29.1. The van der Waals surface area contributed by atoms with Crippen LogP contribution in [0.2, 0.25) is 0 Å². The van der Waals surface area contributed by atoms with Crippen LogP contribution in [0, 0.1) is 11.3 Å². The Kier molecular flexibility index (Phi) is 7.81. The van der Waals surface area contributed by atoms with Crippen LogP contribution in [0.3, 0.4) is 0 Å². The van der Waals surface area contributed by atoms with E-state index >= 15 is 0 Å². The predicted octanol–water partition coefficient (Wildman–Crippen LogP) is 7.55. The number of para-hydroxylation sites is 2. The third-order valence-electron chi connectivity index (χ3n) is 9.83. The second kappa shape index (κ2) is 13.1. The maximum absolute atomic E-state index is 10.0. The van der Waals surface area contributed by atoms with Crippen molar-refractivity contribution in [2.24, 2.45) is 0 Å². The Morgan fingerprint density at radius 3 is 1.48 bits per heavy atom. The van der Waals surface area contributed by atoms with E-state index in [0.717, 1.165) is 43.3 Å². The monoisotopic (exact) mass is 681 g/mol. The van der Waals surface area contributed by atoms with Gasteiger partial charge in [-0.15, -0.1) is 0 Å². The maximum Gasteiger partial charge on any atom is 0.238 e. The Morgan fingerprint density at radius 1 is 0.423 bits per heavy atom. The summed E-state index contributed by atoms with van der Waals surface area (Å²) in [6, 6.07) is 67.5. The molecule has 0 fully saturated rings. The van der Waals surface area contributed by atoms with E-state index in [-0.39, 0.29) is 0 Å². The van der Waals surface area contributed by atoms with Crippen molar-refractivity contribution in [3.05, 3.63) is 194 Å². The molecule has 0 N–H and O–H groups in total. The molecule has 7 aromatic carbocycles. The van der Waals surface area contributed by atoms with Crippen molar-refractivity contribution in [1.29, 1.82) is 5.26 Å². The first-order chi connectivity index (χ1) is 25.7. The first kappa shape index (κ1) is 31.1. The Labute approximate surface area is 302 Å². The lowest BCUT2D eigenvalue weighted by atomic mass is 10.2. The molecule has 0 aliphatic rings. The van der Waals surface area contributed by atoms with Gasteiger partial charge in [0.1, 0.15) is 0 Å². The average molecular weight is 682 g/mol. The van der Waals surface area contributed by atoms with Crippen LogP contribution < -0.4 is 20.7 Å². The summed E-state index contributed by atoms with van der Waals surface area (Å²) in [5, 5.41) is 17.1. The lowest BCUT2D eigenvalue weighted by molar-refractivity contribution is 0.953. The van der Waals surface area contributed by atoms with Gasteiger partial charge in [0, 0.05) is 21.9 Å². The highest BCUT2D eigenvalue weighted by molar-refractivity contribution is 7.19. The van der Waals surface area contributed by atoms with E-state index < -0.39 is 8.07 Å². The van der Waals surface area contributed by atoms with Gasteiger partial charge in [0.2, 0.25) is 5.95 Å². The second-order valence-corrected chi connectivity index (χ2v) is 16.6. The van der Waals surface area contributed by atoms with Crippen LogP contribution in [0.15, 0.2) is 188 Å². The number of nitriles is 1. The molecule has 0 spiro atoms. The van der Waals surface area contributed by atoms with Gasteiger partial charge in [-0.2, -0.15) is 15.2 Å².